The van der Waals surface area contributed by atoms with E-state index in [0.29, 0.717) is 22.4 Å². The molecule has 0 aliphatic heterocycles. The standard InChI is InChI=1S/C8H5N7O/c16-8-4-1-5(7-12-14-15-13-7)9-2-6(4)10-3-11-8/h1-3H,(H,10,11,16)(H,12,13,14,15). The number of hydrogen-bond acceptors (Lipinski definition) is 6. The summed E-state index contributed by atoms with van der Waals surface area (Å²) in [4.78, 5) is 22.1. The van der Waals surface area contributed by atoms with Crippen molar-refractivity contribution < 1.29 is 0 Å². The minimum atomic E-state index is -0.225. The van der Waals surface area contributed by atoms with Gasteiger partial charge in [-0.05, 0) is 11.3 Å². The van der Waals surface area contributed by atoms with Crippen LogP contribution in [0.5, 0.6) is 0 Å². The number of pyridine rings is 1. The van der Waals surface area contributed by atoms with Crippen molar-refractivity contribution in [2.24, 2.45) is 0 Å². The topological polar surface area (TPSA) is 113 Å². The first-order valence-electron chi connectivity index (χ1n) is 4.42. The first-order chi connectivity index (χ1) is 7.84. The van der Waals surface area contributed by atoms with E-state index in [4.69, 9.17) is 0 Å². The fourth-order valence-electron chi connectivity index (χ4n) is 1.36. The number of fused-ring (bicyclic) bond motifs is 1. The van der Waals surface area contributed by atoms with Crippen molar-refractivity contribution >= 4 is 10.9 Å². The van der Waals surface area contributed by atoms with Crippen LogP contribution in [0.25, 0.3) is 22.4 Å². The highest BCUT2D eigenvalue weighted by atomic mass is 16.1. The van der Waals surface area contributed by atoms with Crippen LogP contribution in [0.2, 0.25) is 0 Å². The van der Waals surface area contributed by atoms with E-state index in [-0.39, 0.29) is 5.56 Å². The Balaban J connectivity index is 2.31. The number of rotatable bonds is 1. The van der Waals surface area contributed by atoms with E-state index in [1.165, 1.54) is 12.5 Å². The molecule has 3 aromatic heterocycles. The molecule has 0 unspecified atom stereocenters. The molecular formula is C8H5N7O. The number of nitrogens with zero attached hydrogens (tertiary/aromatic N) is 5. The second-order valence-corrected chi connectivity index (χ2v) is 3.05. The van der Waals surface area contributed by atoms with Crippen LogP contribution >= 0.6 is 0 Å². The van der Waals surface area contributed by atoms with Crippen molar-refractivity contribution in [1.29, 1.82) is 0 Å². The molecule has 8 heteroatoms. The molecule has 0 spiro atoms. The van der Waals surface area contributed by atoms with Gasteiger partial charge in [-0.3, -0.25) is 9.78 Å². The van der Waals surface area contributed by atoms with Gasteiger partial charge in [0.1, 0.15) is 5.69 Å². The molecule has 0 radical (unpaired) electrons. The lowest BCUT2D eigenvalue weighted by atomic mass is 10.2. The van der Waals surface area contributed by atoms with Crippen molar-refractivity contribution in [3.8, 4) is 11.5 Å². The van der Waals surface area contributed by atoms with Gasteiger partial charge < -0.3 is 4.98 Å². The zero-order valence-electron chi connectivity index (χ0n) is 7.88. The van der Waals surface area contributed by atoms with Gasteiger partial charge in [0, 0.05) is 0 Å². The van der Waals surface area contributed by atoms with Gasteiger partial charge >= 0.3 is 0 Å². The van der Waals surface area contributed by atoms with Crippen molar-refractivity contribution in [2.45, 2.75) is 0 Å². The molecule has 0 fully saturated rings. The van der Waals surface area contributed by atoms with E-state index in [0.717, 1.165) is 0 Å². The second kappa shape index (κ2) is 3.19. The first kappa shape index (κ1) is 8.65. The molecule has 0 aliphatic carbocycles. The SMILES string of the molecule is O=c1[nH]cnc2cnc(-c3nn[nH]n3)cc12. The minimum Gasteiger partial charge on any atom is -0.313 e. The Kier molecular flexibility index (Phi) is 1.72. The normalized spacial score (nSPS) is 10.8. The van der Waals surface area contributed by atoms with Crippen molar-refractivity contribution in [3.05, 3.63) is 28.9 Å². The van der Waals surface area contributed by atoms with E-state index in [1.54, 1.807) is 6.07 Å². The summed E-state index contributed by atoms with van der Waals surface area (Å²) in [6, 6.07) is 1.58. The van der Waals surface area contributed by atoms with Gasteiger partial charge in [-0.15, -0.1) is 10.2 Å². The highest BCUT2D eigenvalue weighted by Crippen LogP contribution is 2.13. The van der Waals surface area contributed by atoms with Gasteiger partial charge in [0.25, 0.3) is 5.56 Å². The maximum atomic E-state index is 11.5. The molecule has 0 saturated heterocycles. The summed E-state index contributed by atoms with van der Waals surface area (Å²) < 4.78 is 0. The zero-order valence-corrected chi connectivity index (χ0v) is 7.88. The first-order valence-corrected chi connectivity index (χ1v) is 4.42. The highest BCUT2D eigenvalue weighted by Gasteiger charge is 2.07. The molecule has 0 bridgehead atoms. The molecular weight excluding hydrogens is 210 g/mol. The summed E-state index contributed by atoms with van der Waals surface area (Å²) in [5, 5.41) is 13.7. The van der Waals surface area contributed by atoms with Gasteiger partial charge in [-0.25, -0.2) is 4.98 Å². The molecule has 3 aromatic rings. The fourth-order valence-corrected chi connectivity index (χ4v) is 1.36. The molecule has 78 valence electrons. The number of tetrazole rings is 1. The Morgan fingerprint density at radius 2 is 2.19 bits per heavy atom. The summed E-state index contributed by atoms with van der Waals surface area (Å²) >= 11 is 0. The average molecular weight is 215 g/mol. The Bertz CT molecular complexity index is 687. The third kappa shape index (κ3) is 1.24. The molecule has 0 aliphatic rings. The van der Waals surface area contributed by atoms with Crippen LogP contribution in [0.4, 0.5) is 0 Å². The average Bonchev–Trinajstić information content (AvgIpc) is 2.83. The minimum absolute atomic E-state index is 0.225. The zero-order chi connectivity index (χ0) is 11.0. The molecule has 3 heterocycles. The molecule has 0 aromatic carbocycles. The number of hydrogen-bond donors (Lipinski definition) is 2. The smallest absolute Gasteiger partial charge is 0.258 e. The van der Waals surface area contributed by atoms with Gasteiger partial charge in [-0.1, -0.05) is 0 Å². The predicted octanol–water partition coefficient (Wildman–Crippen LogP) is -0.502. The van der Waals surface area contributed by atoms with Gasteiger partial charge in [0.2, 0.25) is 5.82 Å². The van der Waals surface area contributed by atoms with E-state index >= 15 is 0 Å². The third-order valence-electron chi connectivity index (χ3n) is 2.10. The monoisotopic (exact) mass is 215 g/mol. The maximum Gasteiger partial charge on any atom is 0.258 e. The lowest BCUT2D eigenvalue weighted by Crippen LogP contribution is -2.06. The quantitative estimate of drug-likeness (QED) is 0.565. The van der Waals surface area contributed by atoms with Crippen molar-refractivity contribution in [2.75, 3.05) is 0 Å². The van der Waals surface area contributed by atoms with Crippen LogP contribution in [0.3, 0.4) is 0 Å². The third-order valence-corrected chi connectivity index (χ3v) is 2.10. The Hall–Kier alpha value is -2.64. The lowest BCUT2D eigenvalue weighted by Gasteiger charge is -1.96. The lowest BCUT2D eigenvalue weighted by molar-refractivity contribution is 0.881. The van der Waals surface area contributed by atoms with Gasteiger partial charge in [-0.2, -0.15) is 5.21 Å². The summed E-state index contributed by atoms with van der Waals surface area (Å²) in [5.41, 5.74) is 0.771. The second-order valence-electron chi connectivity index (χ2n) is 3.05. The highest BCUT2D eigenvalue weighted by molar-refractivity contribution is 5.79. The van der Waals surface area contributed by atoms with E-state index in [9.17, 15) is 4.79 Å². The summed E-state index contributed by atoms with van der Waals surface area (Å²) in [5.74, 6) is 0.338. The van der Waals surface area contributed by atoms with Gasteiger partial charge in [0.05, 0.1) is 23.4 Å². The number of aromatic nitrogens is 7. The Labute approximate surface area is 87.8 Å². The molecule has 2 N–H and O–H groups in total. The Morgan fingerprint density at radius 1 is 1.25 bits per heavy atom. The molecule has 3 rings (SSSR count). The van der Waals surface area contributed by atoms with E-state index in [2.05, 4.69) is 35.6 Å². The van der Waals surface area contributed by atoms with Crippen molar-refractivity contribution in [1.82, 2.24) is 35.6 Å². The van der Waals surface area contributed by atoms with E-state index < -0.39 is 0 Å². The molecule has 16 heavy (non-hydrogen) atoms. The number of H-pyrrole nitrogens is 2. The van der Waals surface area contributed by atoms with Gasteiger partial charge in [0.15, 0.2) is 0 Å². The van der Waals surface area contributed by atoms with E-state index in [1.807, 2.05) is 0 Å². The Morgan fingerprint density at radius 3 is 3.00 bits per heavy atom. The van der Waals surface area contributed by atoms with Crippen LogP contribution in [-0.2, 0) is 0 Å². The molecule has 8 nitrogen and oxygen atoms in total. The number of nitrogens with one attached hydrogen (secondary N) is 2. The molecule has 0 saturated carbocycles. The number of aromatic amines is 2. The molecule has 0 atom stereocenters. The van der Waals surface area contributed by atoms with Crippen LogP contribution in [0.1, 0.15) is 0 Å². The molecule has 0 amide bonds. The summed E-state index contributed by atoms with van der Waals surface area (Å²) in [7, 11) is 0. The predicted molar refractivity (Wildman–Crippen MR) is 53.3 cm³/mol. The summed E-state index contributed by atoms with van der Waals surface area (Å²) in [6.07, 6.45) is 2.83. The fraction of sp³-hybridized carbons (Fsp3) is 0. The largest absolute Gasteiger partial charge is 0.313 e. The van der Waals surface area contributed by atoms with Crippen molar-refractivity contribution in [3.63, 3.8) is 0 Å². The van der Waals surface area contributed by atoms with Crippen LogP contribution in [-0.4, -0.2) is 35.6 Å². The maximum absolute atomic E-state index is 11.5. The van der Waals surface area contributed by atoms with Crippen LogP contribution in [0.15, 0.2) is 23.4 Å². The van der Waals surface area contributed by atoms with Crippen LogP contribution < -0.4 is 5.56 Å². The van der Waals surface area contributed by atoms with Crippen LogP contribution in [0, 0.1) is 0 Å². The summed E-state index contributed by atoms with van der Waals surface area (Å²) in [6.45, 7) is 0.